The van der Waals surface area contributed by atoms with E-state index < -0.39 is 12.1 Å². The molecule has 3 heterocycles. The predicted octanol–water partition coefficient (Wildman–Crippen LogP) is 3.01. The zero-order chi connectivity index (χ0) is 26.5. The van der Waals surface area contributed by atoms with Crippen molar-refractivity contribution in [1.29, 1.82) is 5.26 Å². The largest absolute Gasteiger partial charge is 0.472 e. The molecule has 1 N–H and O–H groups in total. The molecule has 2 amide bonds. The molecule has 1 aromatic carbocycles. The van der Waals surface area contributed by atoms with Crippen molar-refractivity contribution < 1.29 is 19.4 Å². The molecular weight excluding hydrogens is 470 g/mol. The van der Waals surface area contributed by atoms with Crippen molar-refractivity contribution in [2.45, 2.75) is 26.0 Å². The van der Waals surface area contributed by atoms with Gasteiger partial charge in [0, 0.05) is 43.7 Å². The average molecular weight is 500 g/mol. The highest BCUT2D eigenvalue weighted by Gasteiger charge is 2.35. The number of fused-ring (bicyclic) bond motifs is 1. The normalized spacial score (nSPS) is 18.0. The van der Waals surface area contributed by atoms with E-state index in [-0.39, 0.29) is 42.3 Å². The Morgan fingerprint density at radius 3 is 2.68 bits per heavy atom. The number of hydrogen-bond donors (Lipinski definition) is 1. The molecule has 0 aliphatic carbocycles. The van der Waals surface area contributed by atoms with Gasteiger partial charge in [0.2, 0.25) is 5.88 Å². The minimum absolute atomic E-state index is 0.157. The molecule has 9 nitrogen and oxygen atoms in total. The number of pyridine rings is 2. The number of ether oxygens (including phenoxy) is 1. The first-order valence-corrected chi connectivity index (χ1v) is 12.1. The lowest BCUT2D eigenvalue weighted by Crippen LogP contribution is -2.50. The molecule has 2 aromatic heterocycles. The molecule has 0 spiro atoms. The molecule has 4 rings (SSSR count). The molecule has 1 aliphatic rings. The van der Waals surface area contributed by atoms with Gasteiger partial charge in [0.25, 0.3) is 11.8 Å². The Labute approximate surface area is 216 Å². The lowest BCUT2D eigenvalue weighted by atomic mass is 9.99. The third kappa shape index (κ3) is 5.60. The zero-order valence-corrected chi connectivity index (χ0v) is 21.0. The maximum absolute atomic E-state index is 13.6. The van der Waals surface area contributed by atoms with Crippen molar-refractivity contribution >= 4 is 11.8 Å². The van der Waals surface area contributed by atoms with Crippen LogP contribution in [0.15, 0.2) is 61.1 Å². The van der Waals surface area contributed by atoms with Crippen LogP contribution < -0.4 is 4.74 Å². The number of likely N-dealkylation sites (N-methyl/N-ethyl adjacent to an activating group) is 1. The maximum atomic E-state index is 13.6. The van der Waals surface area contributed by atoms with Gasteiger partial charge in [-0.25, -0.2) is 4.98 Å². The smallest absolute Gasteiger partial charge is 0.259 e. The van der Waals surface area contributed by atoms with Gasteiger partial charge in [-0.3, -0.25) is 14.6 Å². The highest BCUT2D eigenvalue weighted by atomic mass is 16.5. The summed E-state index contributed by atoms with van der Waals surface area (Å²) in [5.41, 5.74) is 2.79. The van der Waals surface area contributed by atoms with E-state index in [1.165, 1.54) is 6.20 Å². The van der Waals surface area contributed by atoms with Crippen LogP contribution in [0.1, 0.15) is 40.1 Å². The molecular formula is C28H29N5O4. The first kappa shape index (κ1) is 25.8. The highest BCUT2D eigenvalue weighted by Crippen LogP contribution is 2.30. The third-order valence-corrected chi connectivity index (χ3v) is 6.58. The van der Waals surface area contributed by atoms with E-state index in [4.69, 9.17) is 10.00 Å². The molecule has 0 saturated carbocycles. The van der Waals surface area contributed by atoms with Crippen LogP contribution in [0.4, 0.5) is 0 Å². The molecule has 9 heteroatoms. The lowest BCUT2D eigenvalue weighted by molar-refractivity contribution is 0.0313. The minimum atomic E-state index is -0.459. The van der Waals surface area contributed by atoms with Gasteiger partial charge >= 0.3 is 0 Å². The van der Waals surface area contributed by atoms with Crippen molar-refractivity contribution in [3.05, 3.63) is 77.7 Å². The summed E-state index contributed by atoms with van der Waals surface area (Å²) in [6, 6.07) is 13.8. The Bertz CT molecular complexity index is 1310. The lowest BCUT2D eigenvalue weighted by Gasteiger charge is -2.37. The quantitative estimate of drug-likeness (QED) is 0.554. The fraction of sp³-hybridized carbons (Fsp3) is 0.321. The number of carbonyl (C=O) groups excluding carboxylic acids is 2. The van der Waals surface area contributed by atoms with Gasteiger partial charge in [-0.2, -0.15) is 5.26 Å². The second-order valence-electron chi connectivity index (χ2n) is 9.32. The molecule has 0 radical (unpaired) electrons. The Morgan fingerprint density at radius 2 is 2.03 bits per heavy atom. The second-order valence-corrected chi connectivity index (χ2v) is 9.32. The summed E-state index contributed by atoms with van der Waals surface area (Å²) in [6.45, 7) is 4.15. The molecule has 0 bridgehead atoms. The zero-order valence-electron chi connectivity index (χ0n) is 21.0. The van der Waals surface area contributed by atoms with E-state index in [0.717, 1.165) is 5.56 Å². The number of carbonyl (C=O) groups is 2. The Balaban J connectivity index is 1.68. The van der Waals surface area contributed by atoms with E-state index in [0.29, 0.717) is 23.2 Å². The molecule has 0 saturated heterocycles. The Hall–Kier alpha value is -4.29. The van der Waals surface area contributed by atoms with Gasteiger partial charge in [-0.1, -0.05) is 19.1 Å². The highest BCUT2D eigenvalue weighted by molar-refractivity contribution is 5.98. The number of nitriles is 1. The Kier molecular flexibility index (Phi) is 7.80. The van der Waals surface area contributed by atoms with Gasteiger partial charge in [0.15, 0.2) is 0 Å². The number of benzene rings is 1. The molecule has 3 aromatic rings. The van der Waals surface area contributed by atoms with Gasteiger partial charge in [0.05, 0.1) is 36.4 Å². The summed E-state index contributed by atoms with van der Waals surface area (Å²) in [6.07, 6.45) is 4.30. The van der Waals surface area contributed by atoms with Gasteiger partial charge in [-0.05, 0) is 42.8 Å². The SMILES string of the molecule is C[C@@H]1CN([C@@H](C)CO)C(=O)c2cc(-c3ccc(C#N)cc3)cnc2O[C@H]1CN(C)C(=O)c1cccnc1. The summed E-state index contributed by atoms with van der Waals surface area (Å²) in [4.78, 5) is 38.3. The molecule has 0 fully saturated rings. The summed E-state index contributed by atoms with van der Waals surface area (Å²) in [5.74, 6) is -0.455. The number of nitrogens with zero attached hydrogens (tertiary/aromatic N) is 5. The predicted molar refractivity (Wildman–Crippen MR) is 137 cm³/mol. The number of rotatable bonds is 6. The molecule has 190 valence electrons. The number of hydrogen-bond acceptors (Lipinski definition) is 7. The van der Waals surface area contributed by atoms with Gasteiger partial charge < -0.3 is 19.6 Å². The summed E-state index contributed by atoms with van der Waals surface area (Å²) in [7, 11) is 1.70. The van der Waals surface area contributed by atoms with Crippen molar-refractivity contribution in [1.82, 2.24) is 19.8 Å². The molecule has 3 atom stereocenters. The standard InChI is InChI=1S/C28H29N5O4/c1-18-15-33(19(2)17-34)28(36)24-11-23(21-8-6-20(12-29)7-9-21)14-31-26(24)37-25(18)16-32(3)27(35)22-5-4-10-30-13-22/h4-11,13-14,18-19,25,34H,15-17H2,1-3H3/t18-,19+,25+/m1/s1. The summed E-state index contributed by atoms with van der Waals surface area (Å²) >= 11 is 0. The van der Waals surface area contributed by atoms with Gasteiger partial charge in [0.1, 0.15) is 11.7 Å². The first-order chi connectivity index (χ1) is 17.8. The van der Waals surface area contributed by atoms with E-state index >= 15 is 0 Å². The number of amides is 2. The molecule has 1 aliphatic heterocycles. The number of aliphatic hydroxyl groups excluding tert-OH is 1. The number of aromatic nitrogens is 2. The Morgan fingerprint density at radius 1 is 1.27 bits per heavy atom. The van der Waals surface area contributed by atoms with Crippen LogP contribution in [0.2, 0.25) is 0 Å². The fourth-order valence-electron chi connectivity index (χ4n) is 4.28. The monoisotopic (exact) mass is 499 g/mol. The van der Waals surface area contributed by atoms with E-state index in [2.05, 4.69) is 16.0 Å². The van der Waals surface area contributed by atoms with Gasteiger partial charge in [-0.15, -0.1) is 0 Å². The van der Waals surface area contributed by atoms with E-state index in [1.807, 2.05) is 6.92 Å². The van der Waals surface area contributed by atoms with Crippen LogP contribution in [0.25, 0.3) is 11.1 Å². The van der Waals surface area contributed by atoms with Crippen LogP contribution in [0, 0.1) is 17.2 Å². The number of aliphatic hydroxyl groups is 1. The maximum Gasteiger partial charge on any atom is 0.259 e. The van der Waals surface area contributed by atoms with E-state index in [1.54, 1.807) is 78.6 Å². The van der Waals surface area contributed by atoms with Crippen LogP contribution >= 0.6 is 0 Å². The third-order valence-electron chi connectivity index (χ3n) is 6.58. The topological polar surface area (TPSA) is 120 Å². The summed E-state index contributed by atoms with van der Waals surface area (Å²) < 4.78 is 6.29. The molecule has 0 unspecified atom stereocenters. The van der Waals surface area contributed by atoms with Crippen molar-refractivity contribution in [2.24, 2.45) is 5.92 Å². The van der Waals surface area contributed by atoms with Crippen LogP contribution in [0.3, 0.4) is 0 Å². The first-order valence-electron chi connectivity index (χ1n) is 12.1. The van der Waals surface area contributed by atoms with Crippen LogP contribution in [-0.2, 0) is 0 Å². The average Bonchev–Trinajstić information content (AvgIpc) is 2.94. The van der Waals surface area contributed by atoms with Crippen molar-refractivity contribution in [3.63, 3.8) is 0 Å². The van der Waals surface area contributed by atoms with Crippen molar-refractivity contribution in [2.75, 3.05) is 26.7 Å². The fourth-order valence-corrected chi connectivity index (χ4v) is 4.28. The minimum Gasteiger partial charge on any atom is -0.472 e. The van der Waals surface area contributed by atoms with Crippen LogP contribution in [-0.4, -0.2) is 75.6 Å². The van der Waals surface area contributed by atoms with Crippen molar-refractivity contribution in [3.8, 4) is 23.1 Å². The van der Waals surface area contributed by atoms with Crippen LogP contribution in [0.5, 0.6) is 5.88 Å². The molecule has 37 heavy (non-hydrogen) atoms. The summed E-state index contributed by atoms with van der Waals surface area (Å²) in [5, 5.41) is 19.0. The second kappa shape index (κ2) is 11.2. The van der Waals surface area contributed by atoms with E-state index in [9.17, 15) is 14.7 Å².